The maximum absolute atomic E-state index is 12.5. The summed E-state index contributed by atoms with van der Waals surface area (Å²) in [5, 5.41) is 7.13. The van der Waals surface area contributed by atoms with E-state index >= 15 is 0 Å². The van der Waals surface area contributed by atoms with Gasteiger partial charge in [-0.05, 0) is 66.6 Å². The maximum Gasteiger partial charge on any atom is 0.251 e. The molecule has 1 atom stereocenters. The summed E-state index contributed by atoms with van der Waals surface area (Å²) in [6, 6.07) is 11.7. The third kappa shape index (κ3) is 5.13. The van der Waals surface area contributed by atoms with Crippen molar-refractivity contribution in [3.63, 3.8) is 0 Å². The number of likely N-dealkylation sites (N-methyl/N-ethyl adjacent to an activating group) is 1. The summed E-state index contributed by atoms with van der Waals surface area (Å²) in [5.41, 5.74) is 4.57. The van der Waals surface area contributed by atoms with Gasteiger partial charge >= 0.3 is 0 Å². The van der Waals surface area contributed by atoms with Crippen LogP contribution in [0.5, 0.6) is 0 Å². The molecule has 0 aliphatic heterocycles. The number of carbonyl (C=O) groups excluding carboxylic acids is 2. The van der Waals surface area contributed by atoms with Gasteiger partial charge in [0.25, 0.3) is 5.91 Å². The van der Waals surface area contributed by atoms with Gasteiger partial charge in [0.1, 0.15) is 6.04 Å². The van der Waals surface area contributed by atoms with Crippen LogP contribution in [0.25, 0.3) is 22.0 Å². The number of rotatable bonds is 7. The molecule has 0 saturated heterocycles. The zero-order valence-corrected chi connectivity index (χ0v) is 19.8. The van der Waals surface area contributed by atoms with Gasteiger partial charge in [0.2, 0.25) is 11.9 Å². The number of aryl methyl sites for hydroxylation is 1. The first-order valence-corrected chi connectivity index (χ1v) is 11.4. The quantitative estimate of drug-likeness (QED) is 0.574. The van der Waals surface area contributed by atoms with E-state index < -0.39 is 6.04 Å². The van der Waals surface area contributed by atoms with E-state index in [0.717, 1.165) is 40.4 Å². The average molecular weight is 446 g/mol. The molecule has 1 fully saturated rings. The molecule has 1 aliphatic carbocycles. The monoisotopic (exact) mass is 445 g/mol. The summed E-state index contributed by atoms with van der Waals surface area (Å²) in [5.74, 6) is 0.490. The molecule has 0 bridgehead atoms. The van der Waals surface area contributed by atoms with E-state index in [1.165, 1.54) is 0 Å². The smallest absolute Gasteiger partial charge is 0.251 e. The Bertz CT molecular complexity index is 1200. The molecule has 2 N–H and O–H groups in total. The molecular weight excluding hydrogens is 414 g/mol. The lowest BCUT2D eigenvalue weighted by Crippen LogP contribution is -2.42. The van der Waals surface area contributed by atoms with Crippen LogP contribution in [-0.2, 0) is 4.79 Å². The van der Waals surface area contributed by atoms with Crippen molar-refractivity contribution in [3.8, 4) is 11.1 Å². The minimum absolute atomic E-state index is 0.00914. The fraction of sp³-hybridized carbons (Fsp3) is 0.385. The highest BCUT2D eigenvalue weighted by atomic mass is 16.2. The van der Waals surface area contributed by atoms with Crippen LogP contribution in [0.4, 0.5) is 5.95 Å². The summed E-state index contributed by atoms with van der Waals surface area (Å²) in [6.45, 7) is 6.03. The Labute approximate surface area is 194 Å². The van der Waals surface area contributed by atoms with Crippen LogP contribution < -0.4 is 10.6 Å². The van der Waals surface area contributed by atoms with Crippen LogP contribution in [-0.4, -0.2) is 52.9 Å². The van der Waals surface area contributed by atoms with Crippen molar-refractivity contribution in [1.82, 2.24) is 20.2 Å². The molecule has 172 valence electrons. The number of nitrogens with one attached hydrogen (secondary N) is 2. The second kappa shape index (κ2) is 9.17. The molecule has 33 heavy (non-hydrogen) atoms. The van der Waals surface area contributed by atoms with E-state index in [1.54, 1.807) is 25.2 Å². The van der Waals surface area contributed by atoms with Crippen LogP contribution in [0.1, 0.15) is 42.6 Å². The Morgan fingerprint density at radius 2 is 1.85 bits per heavy atom. The predicted octanol–water partition coefficient (Wildman–Crippen LogP) is 4.02. The molecule has 7 nitrogen and oxygen atoms in total. The second-order valence-electron chi connectivity index (χ2n) is 9.34. The van der Waals surface area contributed by atoms with Crippen molar-refractivity contribution < 1.29 is 9.59 Å². The maximum atomic E-state index is 12.5. The summed E-state index contributed by atoms with van der Waals surface area (Å²) >= 11 is 0. The molecule has 1 saturated carbocycles. The van der Waals surface area contributed by atoms with Crippen LogP contribution >= 0.6 is 0 Å². The van der Waals surface area contributed by atoms with Crippen molar-refractivity contribution in [2.45, 2.75) is 45.7 Å². The summed E-state index contributed by atoms with van der Waals surface area (Å²) in [7, 11) is 3.49. The standard InChI is InChI=1S/C26H31N5O2/c1-15(2)23(25(33)31(4)5)30-26-27-14-19-12-17(8-11-22(19)29-26)21-13-18(7-6-16(21)3)24(32)28-20-9-10-20/h6-8,11-15,20,23H,9-10H2,1-5H3,(H,28,32)(H,27,29,30)/t23-/m0/s1. The summed E-state index contributed by atoms with van der Waals surface area (Å²) in [6.07, 6.45) is 3.89. The third-order valence-electron chi connectivity index (χ3n) is 5.96. The number of anilines is 1. The van der Waals surface area contributed by atoms with E-state index in [9.17, 15) is 9.59 Å². The molecule has 4 rings (SSSR count). The lowest BCUT2D eigenvalue weighted by atomic mass is 9.97. The van der Waals surface area contributed by atoms with E-state index in [1.807, 2.05) is 57.2 Å². The first kappa shape index (κ1) is 22.7. The highest BCUT2D eigenvalue weighted by molar-refractivity contribution is 5.96. The van der Waals surface area contributed by atoms with Crippen molar-refractivity contribution in [3.05, 3.63) is 53.7 Å². The molecule has 1 aromatic heterocycles. The number of nitrogens with zero attached hydrogens (tertiary/aromatic N) is 3. The van der Waals surface area contributed by atoms with Crippen molar-refractivity contribution in [2.24, 2.45) is 5.92 Å². The molecule has 0 spiro atoms. The van der Waals surface area contributed by atoms with Crippen molar-refractivity contribution in [1.29, 1.82) is 0 Å². The first-order chi connectivity index (χ1) is 15.7. The number of aromatic nitrogens is 2. The molecular formula is C26H31N5O2. The van der Waals surface area contributed by atoms with Crippen molar-refractivity contribution in [2.75, 3.05) is 19.4 Å². The topological polar surface area (TPSA) is 87.2 Å². The van der Waals surface area contributed by atoms with Crippen LogP contribution in [0, 0.1) is 12.8 Å². The van der Waals surface area contributed by atoms with Gasteiger partial charge in [-0.15, -0.1) is 0 Å². The van der Waals surface area contributed by atoms with E-state index in [4.69, 9.17) is 0 Å². The number of benzene rings is 2. The lowest BCUT2D eigenvalue weighted by molar-refractivity contribution is -0.130. The zero-order chi connectivity index (χ0) is 23.7. The predicted molar refractivity (Wildman–Crippen MR) is 131 cm³/mol. The number of amides is 2. The lowest BCUT2D eigenvalue weighted by Gasteiger charge is -2.24. The highest BCUT2D eigenvalue weighted by Gasteiger charge is 2.25. The average Bonchev–Trinajstić information content (AvgIpc) is 3.60. The van der Waals surface area contributed by atoms with Crippen LogP contribution in [0.3, 0.4) is 0 Å². The molecule has 2 aromatic carbocycles. The Balaban J connectivity index is 1.60. The van der Waals surface area contributed by atoms with Gasteiger partial charge in [0, 0.05) is 37.3 Å². The third-order valence-corrected chi connectivity index (χ3v) is 5.96. The Morgan fingerprint density at radius 3 is 2.52 bits per heavy atom. The van der Waals surface area contributed by atoms with Gasteiger partial charge in [-0.3, -0.25) is 9.59 Å². The zero-order valence-electron chi connectivity index (χ0n) is 19.8. The second-order valence-corrected chi connectivity index (χ2v) is 9.34. The molecule has 0 radical (unpaired) electrons. The largest absolute Gasteiger partial charge is 0.349 e. The Morgan fingerprint density at radius 1 is 1.09 bits per heavy atom. The molecule has 3 aromatic rings. The first-order valence-electron chi connectivity index (χ1n) is 11.4. The SMILES string of the molecule is Cc1ccc(C(=O)NC2CC2)cc1-c1ccc2nc(N[C@H](C(=O)N(C)C)C(C)C)ncc2c1. The van der Waals surface area contributed by atoms with E-state index in [-0.39, 0.29) is 17.7 Å². The summed E-state index contributed by atoms with van der Waals surface area (Å²) < 4.78 is 0. The fourth-order valence-corrected chi connectivity index (χ4v) is 3.77. The minimum atomic E-state index is -0.399. The van der Waals surface area contributed by atoms with E-state index in [0.29, 0.717) is 17.6 Å². The fourth-order valence-electron chi connectivity index (χ4n) is 3.77. The van der Waals surface area contributed by atoms with Gasteiger partial charge in [-0.1, -0.05) is 26.0 Å². The Hall–Kier alpha value is -3.48. The van der Waals surface area contributed by atoms with Gasteiger partial charge in [-0.25, -0.2) is 9.97 Å². The van der Waals surface area contributed by atoms with Gasteiger partial charge < -0.3 is 15.5 Å². The van der Waals surface area contributed by atoms with Crippen LogP contribution in [0.2, 0.25) is 0 Å². The molecule has 1 heterocycles. The van der Waals surface area contributed by atoms with Gasteiger partial charge in [0.15, 0.2) is 0 Å². The summed E-state index contributed by atoms with van der Waals surface area (Å²) in [4.78, 5) is 35.7. The number of carbonyl (C=O) groups is 2. The molecule has 0 unspecified atom stereocenters. The molecule has 1 aliphatic rings. The minimum Gasteiger partial charge on any atom is -0.349 e. The number of hydrogen-bond donors (Lipinski definition) is 2. The number of fused-ring (bicyclic) bond motifs is 1. The van der Waals surface area contributed by atoms with Crippen LogP contribution in [0.15, 0.2) is 42.6 Å². The van der Waals surface area contributed by atoms with Gasteiger partial charge in [-0.2, -0.15) is 0 Å². The molecule has 2 amide bonds. The van der Waals surface area contributed by atoms with E-state index in [2.05, 4.69) is 20.6 Å². The highest BCUT2D eigenvalue weighted by Crippen LogP contribution is 2.28. The normalized spacial score (nSPS) is 14.2. The number of hydrogen-bond acceptors (Lipinski definition) is 5. The Kier molecular flexibility index (Phi) is 6.31. The molecule has 7 heteroatoms. The van der Waals surface area contributed by atoms with Gasteiger partial charge in [0.05, 0.1) is 5.52 Å². The van der Waals surface area contributed by atoms with Crippen molar-refractivity contribution >= 4 is 28.7 Å².